The molecule has 498 valence electrons. The van der Waals surface area contributed by atoms with Gasteiger partial charge >= 0.3 is 0 Å². The summed E-state index contributed by atoms with van der Waals surface area (Å²) in [7, 11) is 0. The van der Waals surface area contributed by atoms with Crippen molar-refractivity contribution in [3.8, 4) is 50.4 Å². The fraction of sp³-hybridized carbons (Fsp3) is 0.0816. The third-order valence-corrected chi connectivity index (χ3v) is 22.2. The summed E-state index contributed by atoms with van der Waals surface area (Å²) in [5.41, 5.74) is 23.6. The van der Waals surface area contributed by atoms with Gasteiger partial charge in [-0.1, -0.05) is 284 Å². The molecular formula is C98H72BN5O. The zero-order chi connectivity index (χ0) is 77.1. The third-order valence-electron chi connectivity index (χ3n) is 22.2. The number of nitrogens with zero attached hydrogens (tertiary/aromatic N) is 5. The molecule has 21 rings (SSSR count). The standard InChI is InChI=1S/C98H72BN5O/c1-97(2,3)64-48-54-86-77(56-64)78-57-65(98(4,5)6)49-55-87(78)101(86)67-59-90-92-91(60-67)104(93-69(62-30-12-8-13-31-62)39-26-40-70(93)63-32-14-9-15-33-63)89-58-66(100-82-43-22-17-35-71(82)72-36-18-23-44-83(72)100)50-52-79(89)99(92)80-53-51-76-75-41-27-47-88(102-84-45-24-19-37-73(84)74-38-20-25-46-85(74)102)95(75)105-96(76)94(80)103(90)81-42-21-16-34-68(81)61-28-10-7-11-29-61/h7-60H,1-6H3/i17D,18D,22D,23D,35D,36D,43D,44D. The summed E-state index contributed by atoms with van der Waals surface area (Å²) in [5, 5.41) is 6.38. The van der Waals surface area contributed by atoms with Gasteiger partial charge in [-0.2, -0.15) is 0 Å². The summed E-state index contributed by atoms with van der Waals surface area (Å²) in [6.45, 7) is 13.1. The van der Waals surface area contributed by atoms with Gasteiger partial charge < -0.3 is 27.9 Å². The van der Waals surface area contributed by atoms with Gasteiger partial charge in [-0.3, -0.25) is 0 Å². The zero-order valence-electron chi connectivity index (χ0n) is 66.8. The van der Waals surface area contributed by atoms with Crippen LogP contribution in [0, 0.1) is 0 Å². The highest BCUT2D eigenvalue weighted by Gasteiger charge is 2.47. The maximum absolute atomic E-state index is 9.90. The first-order valence-electron chi connectivity index (χ1n) is 40.1. The number of para-hydroxylation sites is 7. The van der Waals surface area contributed by atoms with Gasteiger partial charge in [0.15, 0.2) is 11.2 Å². The molecule has 2 aliphatic rings. The average molecular weight is 1350 g/mol. The van der Waals surface area contributed by atoms with Gasteiger partial charge in [-0.25, -0.2) is 0 Å². The molecule has 15 aromatic carbocycles. The first-order chi connectivity index (χ1) is 54.7. The van der Waals surface area contributed by atoms with E-state index in [9.17, 15) is 8.22 Å². The fourth-order valence-electron chi connectivity index (χ4n) is 17.3. The number of furan rings is 1. The SMILES string of the molecule is [2H]c1c([2H])c([2H])c2c(c1[2H])c1c([2H])c([2H])c([2H])c([2H])c1n2-c1ccc2c(c1)N(c1c(-c3ccccc3)cccc1-c1ccccc1)c1cc(-n3c4ccc(C(C)(C)C)cc4c4cc(C(C)(C)C)ccc43)cc3c1B2c1ccc2c(oc4c(-n5c6ccccc6c6ccccc65)cccc42)c1N3c1ccccc1-c1ccccc1. The maximum Gasteiger partial charge on any atom is 0.252 e. The lowest BCUT2D eigenvalue weighted by Gasteiger charge is -2.45. The summed E-state index contributed by atoms with van der Waals surface area (Å²) in [5.74, 6) is 0. The van der Waals surface area contributed by atoms with E-state index in [1.807, 2.05) is 18.2 Å². The van der Waals surface area contributed by atoms with Crippen LogP contribution in [0.3, 0.4) is 0 Å². The fourth-order valence-corrected chi connectivity index (χ4v) is 17.3. The van der Waals surface area contributed by atoms with Crippen LogP contribution < -0.4 is 26.2 Å². The Balaban J connectivity index is 0.972. The molecule has 4 aromatic heterocycles. The molecule has 0 saturated heterocycles. The number of benzene rings is 15. The summed E-state index contributed by atoms with van der Waals surface area (Å²) in [6.07, 6.45) is 0. The van der Waals surface area contributed by atoms with Crippen LogP contribution in [-0.4, -0.2) is 20.4 Å². The molecule has 19 aromatic rings. The van der Waals surface area contributed by atoms with Crippen LogP contribution in [0.4, 0.5) is 34.1 Å². The molecule has 0 aliphatic carbocycles. The summed E-state index contributed by atoms with van der Waals surface area (Å²) >= 11 is 0. The molecule has 6 heterocycles. The van der Waals surface area contributed by atoms with Crippen molar-refractivity contribution in [3.05, 3.63) is 339 Å². The normalized spacial score (nSPS) is 14.1. The van der Waals surface area contributed by atoms with E-state index in [0.29, 0.717) is 11.3 Å². The molecule has 2 aliphatic heterocycles. The maximum atomic E-state index is 9.90. The van der Waals surface area contributed by atoms with Crippen LogP contribution >= 0.6 is 0 Å². The number of anilines is 6. The molecule has 0 atom stereocenters. The van der Waals surface area contributed by atoms with Gasteiger partial charge in [0.1, 0.15) is 0 Å². The lowest BCUT2D eigenvalue weighted by Crippen LogP contribution is -2.61. The van der Waals surface area contributed by atoms with Crippen molar-refractivity contribution < 1.29 is 15.4 Å². The highest BCUT2D eigenvalue weighted by molar-refractivity contribution is 7.00. The molecule has 0 fully saturated rings. The largest absolute Gasteiger partial charge is 0.452 e. The molecule has 0 radical (unpaired) electrons. The van der Waals surface area contributed by atoms with Crippen LogP contribution in [0.5, 0.6) is 0 Å². The predicted octanol–water partition coefficient (Wildman–Crippen LogP) is 24.6. The van der Waals surface area contributed by atoms with Crippen LogP contribution in [0.25, 0.3) is 138 Å². The van der Waals surface area contributed by atoms with Gasteiger partial charge in [0.2, 0.25) is 0 Å². The Hall–Kier alpha value is -12.8. The molecule has 105 heavy (non-hydrogen) atoms. The lowest BCUT2D eigenvalue weighted by molar-refractivity contribution is 0.590. The van der Waals surface area contributed by atoms with E-state index in [1.54, 1.807) is 4.57 Å². The van der Waals surface area contributed by atoms with Crippen molar-refractivity contribution in [1.29, 1.82) is 0 Å². The van der Waals surface area contributed by atoms with Crippen LogP contribution in [0.1, 0.15) is 63.6 Å². The minimum absolute atomic E-state index is 0.00310. The predicted molar refractivity (Wildman–Crippen MR) is 444 cm³/mol. The number of hydrogen-bond acceptors (Lipinski definition) is 3. The average Bonchev–Trinajstić information content (AvgIpc) is 1.57. The molecular weight excluding hydrogens is 1270 g/mol. The molecule has 0 unspecified atom stereocenters. The van der Waals surface area contributed by atoms with E-state index in [0.717, 1.165) is 155 Å². The molecule has 0 N–H and O–H groups in total. The molecule has 0 bridgehead atoms. The van der Waals surface area contributed by atoms with E-state index in [-0.39, 0.29) is 44.7 Å². The minimum Gasteiger partial charge on any atom is -0.452 e. The Bertz CT molecular complexity index is 7070. The van der Waals surface area contributed by atoms with E-state index in [2.05, 4.69) is 321 Å². The van der Waals surface area contributed by atoms with Gasteiger partial charge in [0, 0.05) is 82.5 Å². The number of fused-ring (bicyclic) bond motifs is 17. The zero-order valence-corrected chi connectivity index (χ0v) is 58.8. The molecule has 7 heteroatoms. The van der Waals surface area contributed by atoms with Crippen LogP contribution in [-0.2, 0) is 10.8 Å². The summed E-state index contributed by atoms with van der Waals surface area (Å²) < 4.78 is 90.4. The number of aromatic nitrogens is 3. The third kappa shape index (κ3) is 9.10. The molecule has 0 amide bonds. The van der Waals surface area contributed by atoms with E-state index < -0.39 is 43.0 Å². The highest BCUT2D eigenvalue weighted by Crippen LogP contribution is 2.55. The van der Waals surface area contributed by atoms with Gasteiger partial charge in [0.05, 0.1) is 72.5 Å². The number of rotatable bonds is 8. The van der Waals surface area contributed by atoms with Crippen molar-refractivity contribution in [2.75, 3.05) is 9.80 Å². The second-order valence-electron chi connectivity index (χ2n) is 30.1. The smallest absolute Gasteiger partial charge is 0.252 e. The molecule has 6 nitrogen and oxygen atoms in total. The lowest BCUT2D eigenvalue weighted by atomic mass is 9.33. The minimum atomic E-state index is -0.586. The second kappa shape index (κ2) is 22.8. The van der Waals surface area contributed by atoms with E-state index >= 15 is 0 Å². The van der Waals surface area contributed by atoms with Crippen LogP contribution in [0.2, 0.25) is 0 Å². The van der Waals surface area contributed by atoms with Crippen molar-refractivity contribution in [2.45, 2.75) is 52.4 Å². The summed E-state index contributed by atoms with van der Waals surface area (Å²) in [6, 6.07) is 96.4. The topological polar surface area (TPSA) is 34.4 Å². The van der Waals surface area contributed by atoms with Crippen molar-refractivity contribution in [2.24, 2.45) is 0 Å². The van der Waals surface area contributed by atoms with E-state index in [1.165, 1.54) is 11.1 Å². The Labute approximate surface area is 621 Å². The Morgan fingerprint density at radius 3 is 1.33 bits per heavy atom. The quantitative estimate of drug-likeness (QED) is 0.142. The Morgan fingerprint density at radius 2 is 0.743 bits per heavy atom. The Morgan fingerprint density at radius 1 is 0.295 bits per heavy atom. The Kier molecular flexibility index (Phi) is 11.5. The van der Waals surface area contributed by atoms with Gasteiger partial charge in [-0.15, -0.1) is 0 Å². The van der Waals surface area contributed by atoms with Gasteiger partial charge in [-0.05, 0) is 140 Å². The first kappa shape index (κ1) is 53.0. The first-order valence-corrected chi connectivity index (χ1v) is 36.1. The molecule has 0 saturated carbocycles. The van der Waals surface area contributed by atoms with Crippen LogP contribution in [0.15, 0.2) is 332 Å². The second-order valence-corrected chi connectivity index (χ2v) is 30.1. The highest BCUT2D eigenvalue weighted by atomic mass is 16.3. The monoisotopic (exact) mass is 1350 g/mol. The van der Waals surface area contributed by atoms with Crippen molar-refractivity contribution in [1.82, 2.24) is 13.7 Å². The summed E-state index contributed by atoms with van der Waals surface area (Å²) in [4.78, 5) is 4.91. The van der Waals surface area contributed by atoms with Crippen molar-refractivity contribution >= 4 is 145 Å². The van der Waals surface area contributed by atoms with Crippen molar-refractivity contribution in [3.63, 3.8) is 0 Å². The molecule has 0 spiro atoms. The number of hydrogen-bond donors (Lipinski definition) is 0. The van der Waals surface area contributed by atoms with E-state index in [4.69, 9.17) is 7.16 Å². The van der Waals surface area contributed by atoms with Gasteiger partial charge in [0.25, 0.3) is 6.71 Å².